The van der Waals surface area contributed by atoms with Gasteiger partial charge in [0, 0.05) is 33.4 Å². The molecule has 4 rings (SSSR count). The van der Waals surface area contributed by atoms with Gasteiger partial charge in [-0.2, -0.15) is 5.10 Å². The predicted molar refractivity (Wildman–Crippen MR) is 123 cm³/mol. The van der Waals surface area contributed by atoms with Gasteiger partial charge in [0.2, 0.25) is 0 Å². The molecule has 0 saturated carbocycles. The van der Waals surface area contributed by atoms with Crippen LogP contribution in [0.15, 0.2) is 59.3 Å². The Morgan fingerprint density at radius 3 is 2.68 bits per heavy atom. The minimum Gasteiger partial charge on any atom is -0.497 e. The lowest BCUT2D eigenvalue weighted by Gasteiger charge is -2.11. The molecule has 0 saturated heterocycles. The van der Waals surface area contributed by atoms with Crippen LogP contribution in [0.3, 0.4) is 0 Å². The Bertz CT molecular complexity index is 1270. The first kappa shape index (κ1) is 20.9. The molecule has 0 aliphatic heterocycles. The zero-order valence-corrected chi connectivity index (χ0v) is 18.9. The molecule has 1 amide bonds. The van der Waals surface area contributed by atoms with Crippen LogP contribution in [0.25, 0.3) is 11.0 Å². The van der Waals surface area contributed by atoms with Crippen molar-refractivity contribution in [3.63, 3.8) is 0 Å². The van der Waals surface area contributed by atoms with Gasteiger partial charge < -0.3 is 14.8 Å². The molecular formula is C23H21BrN4O3. The minimum atomic E-state index is -0.218. The number of rotatable bonds is 6. The van der Waals surface area contributed by atoms with E-state index in [2.05, 4.69) is 31.3 Å². The van der Waals surface area contributed by atoms with Crippen molar-refractivity contribution in [1.29, 1.82) is 0 Å². The summed E-state index contributed by atoms with van der Waals surface area (Å²) in [6, 6.07) is 13.2. The number of ether oxygens (including phenoxy) is 2. The van der Waals surface area contributed by atoms with E-state index in [0.29, 0.717) is 23.5 Å². The number of methoxy groups -OCH3 is 2. The first-order valence-corrected chi connectivity index (χ1v) is 10.4. The summed E-state index contributed by atoms with van der Waals surface area (Å²) in [5.74, 6) is 1.22. The number of anilines is 1. The minimum absolute atomic E-state index is 0.218. The van der Waals surface area contributed by atoms with Crippen molar-refractivity contribution in [2.75, 3.05) is 19.5 Å². The van der Waals surface area contributed by atoms with Gasteiger partial charge in [0.05, 0.1) is 32.5 Å². The zero-order chi connectivity index (χ0) is 22.0. The van der Waals surface area contributed by atoms with Gasteiger partial charge in [-0.05, 0) is 48.9 Å². The maximum atomic E-state index is 12.7. The molecule has 0 aliphatic rings. The van der Waals surface area contributed by atoms with E-state index in [1.165, 1.54) is 0 Å². The molecule has 2 aromatic heterocycles. The van der Waals surface area contributed by atoms with Crippen molar-refractivity contribution >= 4 is 38.6 Å². The van der Waals surface area contributed by atoms with Gasteiger partial charge in [-0.3, -0.25) is 4.79 Å². The molecule has 0 aliphatic carbocycles. The molecule has 31 heavy (non-hydrogen) atoms. The number of carbonyl (C=O) groups excluding carboxylic acids is 1. The molecule has 158 valence electrons. The van der Waals surface area contributed by atoms with Crippen LogP contribution >= 0.6 is 15.9 Å². The second kappa shape index (κ2) is 8.77. The lowest BCUT2D eigenvalue weighted by Crippen LogP contribution is -2.13. The first-order chi connectivity index (χ1) is 15.0. The highest BCUT2D eigenvalue weighted by Crippen LogP contribution is 2.26. The second-order valence-electron chi connectivity index (χ2n) is 7.03. The third-order valence-electron chi connectivity index (χ3n) is 4.99. The molecule has 0 atom stereocenters. The van der Waals surface area contributed by atoms with Gasteiger partial charge in [-0.15, -0.1) is 0 Å². The normalized spacial score (nSPS) is 10.8. The van der Waals surface area contributed by atoms with Crippen LogP contribution in [0.2, 0.25) is 0 Å². The highest BCUT2D eigenvalue weighted by Gasteiger charge is 2.13. The largest absolute Gasteiger partial charge is 0.497 e. The van der Waals surface area contributed by atoms with Crippen molar-refractivity contribution in [2.24, 2.45) is 0 Å². The monoisotopic (exact) mass is 480 g/mol. The molecule has 2 aromatic carbocycles. The summed E-state index contributed by atoms with van der Waals surface area (Å²) in [4.78, 5) is 17.2. The number of benzene rings is 2. The van der Waals surface area contributed by atoms with Crippen LogP contribution in [0.5, 0.6) is 11.5 Å². The maximum Gasteiger partial charge on any atom is 0.257 e. The third kappa shape index (κ3) is 4.39. The number of aromatic nitrogens is 3. The van der Waals surface area contributed by atoms with E-state index in [4.69, 9.17) is 9.47 Å². The third-order valence-corrected chi connectivity index (χ3v) is 5.48. The molecule has 4 aromatic rings. The lowest BCUT2D eigenvalue weighted by molar-refractivity contribution is 0.102. The molecule has 8 heteroatoms. The van der Waals surface area contributed by atoms with E-state index in [1.54, 1.807) is 37.4 Å². The Hall–Kier alpha value is -3.39. The summed E-state index contributed by atoms with van der Waals surface area (Å²) < 4.78 is 13.5. The van der Waals surface area contributed by atoms with Gasteiger partial charge in [-0.1, -0.05) is 15.9 Å². The van der Waals surface area contributed by atoms with Gasteiger partial charge in [0.1, 0.15) is 11.5 Å². The average molecular weight is 481 g/mol. The number of pyridine rings is 1. The van der Waals surface area contributed by atoms with E-state index in [9.17, 15) is 4.79 Å². The fraction of sp³-hybridized carbons (Fsp3) is 0.174. The Balaban J connectivity index is 1.57. The smallest absolute Gasteiger partial charge is 0.257 e. The number of hydrogen-bond donors (Lipinski definition) is 1. The van der Waals surface area contributed by atoms with E-state index in [0.717, 1.165) is 32.4 Å². The van der Waals surface area contributed by atoms with Crippen molar-refractivity contribution in [3.8, 4) is 11.5 Å². The van der Waals surface area contributed by atoms with Crippen LogP contribution in [0, 0.1) is 6.92 Å². The van der Waals surface area contributed by atoms with Gasteiger partial charge in [0.25, 0.3) is 5.91 Å². The van der Waals surface area contributed by atoms with Crippen molar-refractivity contribution < 1.29 is 14.3 Å². The highest BCUT2D eigenvalue weighted by atomic mass is 79.9. The number of fused-ring (bicyclic) bond motifs is 1. The van der Waals surface area contributed by atoms with Gasteiger partial charge in [-0.25, -0.2) is 9.67 Å². The quantitative estimate of drug-likeness (QED) is 0.427. The fourth-order valence-electron chi connectivity index (χ4n) is 3.32. The molecule has 0 unspecified atom stereocenters. The Morgan fingerprint density at radius 1 is 1.10 bits per heavy atom. The Morgan fingerprint density at radius 2 is 1.94 bits per heavy atom. The number of halogens is 1. The predicted octanol–water partition coefficient (Wildman–Crippen LogP) is 4.82. The van der Waals surface area contributed by atoms with Gasteiger partial charge >= 0.3 is 0 Å². The van der Waals surface area contributed by atoms with E-state index in [1.807, 2.05) is 43.3 Å². The molecule has 0 bridgehead atoms. The number of hydrogen-bond acceptors (Lipinski definition) is 5. The zero-order valence-electron chi connectivity index (χ0n) is 17.3. The maximum absolute atomic E-state index is 12.7. The van der Waals surface area contributed by atoms with E-state index < -0.39 is 0 Å². The number of amides is 1. The standard InChI is InChI=1S/C23H21BrN4O3/c1-14-8-18(24)5-7-20(14)27-23(29)17-9-16-12-26-28(22(16)25-11-17)13-15-4-6-19(30-2)10-21(15)31-3/h4-12H,13H2,1-3H3,(H,27,29). The van der Waals surface area contributed by atoms with Gasteiger partial charge in [0.15, 0.2) is 5.65 Å². The van der Waals surface area contributed by atoms with Crippen LogP contribution < -0.4 is 14.8 Å². The number of nitrogens with one attached hydrogen (secondary N) is 1. The molecule has 0 radical (unpaired) electrons. The van der Waals surface area contributed by atoms with Crippen molar-refractivity contribution in [1.82, 2.24) is 14.8 Å². The summed E-state index contributed by atoms with van der Waals surface area (Å²) in [6.07, 6.45) is 3.27. The van der Waals surface area contributed by atoms with Crippen LogP contribution in [0.4, 0.5) is 5.69 Å². The Labute approximate surface area is 188 Å². The topological polar surface area (TPSA) is 78.3 Å². The number of carbonyl (C=O) groups is 1. The second-order valence-corrected chi connectivity index (χ2v) is 7.95. The highest BCUT2D eigenvalue weighted by molar-refractivity contribution is 9.10. The average Bonchev–Trinajstić information content (AvgIpc) is 3.17. The molecule has 1 N–H and O–H groups in total. The van der Waals surface area contributed by atoms with Crippen molar-refractivity contribution in [3.05, 3.63) is 76.0 Å². The first-order valence-electron chi connectivity index (χ1n) is 9.58. The molecule has 0 spiro atoms. The number of nitrogens with zero attached hydrogens (tertiary/aromatic N) is 3. The summed E-state index contributed by atoms with van der Waals surface area (Å²) in [5, 5.41) is 8.17. The SMILES string of the molecule is COc1ccc(Cn2ncc3cc(C(=O)Nc4ccc(Br)cc4C)cnc32)c(OC)c1. The van der Waals surface area contributed by atoms with Crippen molar-refractivity contribution in [2.45, 2.75) is 13.5 Å². The summed E-state index contributed by atoms with van der Waals surface area (Å²) in [6.45, 7) is 2.42. The molecule has 2 heterocycles. The van der Waals surface area contributed by atoms with Crippen LogP contribution in [0.1, 0.15) is 21.5 Å². The molecule has 7 nitrogen and oxygen atoms in total. The lowest BCUT2D eigenvalue weighted by atomic mass is 10.1. The molecular weight excluding hydrogens is 460 g/mol. The summed E-state index contributed by atoms with van der Waals surface area (Å²) in [5.41, 5.74) is 3.84. The van der Waals surface area contributed by atoms with E-state index in [-0.39, 0.29) is 5.91 Å². The molecule has 0 fully saturated rings. The Kier molecular flexibility index (Phi) is 5.90. The van der Waals surface area contributed by atoms with Crippen LogP contribution in [-0.4, -0.2) is 34.9 Å². The number of aryl methyl sites for hydroxylation is 1. The summed E-state index contributed by atoms with van der Waals surface area (Å²) >= 11 is 3.43. The van der Waals surface area contributed by atoms with E-state index >= 15 is 0 Å². The summed E-state index contributed by atoms with van der Waals surface area (Å²) in [7, 11) is 3.24. The van der Waals surface area contributed by atoms with Crippen LogP contribution in [-0.2, 0) is 6.54 Å². The fourth-order valence-corrected chi connectivity index (χ4v) is 3.79.